The molecule has 154 valence electrons. The maximum absolute atomic E-state index is 14.2. The van der Waals surface area contributed by atoms with Crippen molar-refractivity contribution in [2.24, 2.45) is 5.92 Å². The minimum absolute atomic E-state index is 0.158. The Balaban J connectivity index is 1.60. The zero-order chi connectivity index (χ0) is 20.5. The van der Waals surface area contributed by atoms with Crippen molar-refractivity contribution < 1.29 is 22.7 Å². The molecule has 29 heavy (non-hydrogen) atoms. The fourth-order valence-electron chi connectivity index (χ4n) is 4.00. The number of carbonyl (C=O) groups excluding carboxylic acids is 1. The Bertz CT molecular complexity index is 919. The summed E-state index contributed by atoms with van der Waals surface area (Å²) in [6, 6.07) is 8.40. The van der Waals surface area contributed by atoms with E-state index < -0.39 is 23.5 Å². The molecule has 5 rings (SSSR count). The molecule has 0 aromatic heterocycles. The molecule has 2 aromatic carbocycles. The lowest BCUT2D eigenvalue weighted by molar-refractivity contribution is -0.0311. The van der Waals surface area contributed by atoms with Crippen molar-refractivity contribution in [3.05, 3.63) is 64.4 Å². The van der Waals surface area contributed by atoms with Gasteiger partial charge in [-0.1, -0.05) is 23.7 Å². The first-order valence-electron chi connectivity index (χ1n) is 9.51. The molecule has 3 saturated heterocycles. The number of halogens is 4. The van der Waals surface area contributed by atoms with Crippen molar-refractivity contribution >= 4 is 23.4 Å². The fraction of sp³-hybridized carbons (Fsp3) is 0.381. The van der Waals surface area contributed by atoms with E-state index in [2.05, 4.69) is 4.90 Å². The first-order valence-corrected chi connectivity index (χ1v) is 9.88. The van der Waals surface area contributed by atoms with Crippen molar-refractivity contribution in [2.75, 3.05) is 24.5 Å². The average molecular weight is 425 g/mol. The van der Waals surface area contributed by atoms with Gasteiger partial charge in [-0.15, -0.1) is 0 Å². The van der Waals surface area contributed by atoms with E-state index >= 15 is 0 Å². The highest BCUT2D eigenvalue weighted by Gasteiger charge is 2.37. The molecule has 0 N–H and O–H groups in total. The molecule has 0 spiro atoms. The average Bonchev–Trinajstić information content (AvgIpc) is 2.72. The van der Waals surface area contributed by atoms with Crippen LogP contribution in [0.1, 0.15) is 18.4 Å². The molecule has 1 unspecified atom stereocenters. The number of nitrogens with zero attached hydrogens (tertiary/aromatic N) is 2. The number of carbonyl (C=O) groups is 1. The van der Waals surface area contributed by atoms with Crippen LogP contribution in [-0.4, -0.2) is 36.7 Å². The summed E-state index contributed by atoms with van der Waals surface area (Å²) in [7, 11) is 0. The second-order valence-corrected chi connectivity index (χ2v) is 7.90. The predicted molar refractivity (Wildman–Crippen MR) is 103 cm³/mol. The zero-order valence-corrected chi connectivity index (χ0v) is 16.3. The van der Waals surface area contributed by atoms with Gasteiger partial charge in [-0.2, -0.15) is 0 Å². The minimum Gasteiger partial charge on any atom is -0.444 e. The van der Waals surface area contributed by atoms with Gasteiger partial charge in [0.2, 0.25) is 0 Å². The van der Waals surface area contributed by atoms with Crippen LogP contribution in [0.25, 0.3) is 0 Å². The van der Waals surface area contributed by atoms with Gasteiger partial charge < -0.3 is 4.74 Å². The number of hydrogen-bond acceptors (Lipinski definition) is 3. The van der Waals surface area contributed by atoms with E-state index in [4.69, 9.17) is 16.3 Å². The molecule has 4 nitrogen and oxygen atoms in total. The Hall–Kier alpha value is -2.25. The summed E-state index contributed by atoms with van der Waals surface area (Å²) in [4.78, 5) is 16.5. The second-order valence-electron chi connectivity index (χ2n) is 7.46. The number of anilines is 1. The lowest BCUT2D eigenvalue weighted by Gasteiger charge is -2.44. The largest absolute Gasteiger partial charge is 0.444 e. The van der Waals surface area contributed by atoms with Gasteiger partial charge in [-0.3, -0.25) is 9.80 Å². The maximum Gasteiger partial charge on any atom is 0.414 e. The molecule has 8 heteroatoms. The van der Waals surface area contributed by atoms with Gasteiger partial charge in [-0.25, -0.2) is 18.0 Å². The zero-order valence-electron chi connectivity index (χ0n) is 15.6. The van der Waals surface area contributed by atoms with Crippen LogP contribution in [0.15, 0.2) is 36.4 Å². The van der Waals surface area contributed by atoms with Gasteiger partial charge >= 0.3 is 6.09 Å². The smallest absolute Gasteiger partial charge is 0.414 e. The third-order valence-corrected chi connectivity index (χ3v) is 5.87. The van der Waals surface area contributed by atoms with E-state index in [0.717, 1.165) is 38.1 Å². The van der Waals surface area contributed by atoms with Crippen molar-refractivity contribution in [1.82, 2.24) is 4.90 Å². The molecular weight excluding hydrogens is 405 g/mol. The molecule has 3 aliphatic rings. The highest BCUT2D eigenvalue weighted by atomic mass is 35.5. The standard InChI is InChI=1S/C21H20ClF3N2O2/c22-15-2-1-3-16(10-15)27(11-14-4-5-17(23)20(25)19(14)24)21(28)29-18-12-26-8-6-13(18)7-9-26/h1-5,10,13,18H,6-9,11-12H2. The van der Waals surface area contributed by atoms with Crippen molar-refractivity contribution in [1.29, 1.82) is 0 Å². The monoisotopic (exact) mass is 424 g/mol. The third kappa shape index (κ3) is 4.21. The summed E-state index contributed by atoms with van der Waals surface area (Å²) in [5.41, 5.74) is 0.225. The summed E-state index contributed by atoms with van der Waals surface area (Å²) in [6.45, 7) is 2.34. The molecule has 0 radical (unpaired) electrons. The topological polar surface area (TPSA) is 32.8 Å². The third-order valence-electron chi connectivity index (χ3n) is 5.63. The fourth-order valence-corrected chi connectivity index (χ4v) is 4.19. The molecule has 3 fully saturated rings. The number of amides is 1. The van der Waals surface area contributed by atoms with Crippen LogP contribution in [0.2, 0.25) is 5.02 Å². The first kappa shape index (κ1) is 20.0. The first-order chi connectivity index (χ1) is 13.9. The number of fused-ring (bicyclic) bond motifs is 3. The number of rotatable bonds is 4. The summed E-state index contributed by atoms with van der Waals surface area (Å²) < 4.78 is 47.0. The number of hydrogen-bond donors (Lipinski definition) is 0. The Morgan fingerprint density at radius 2 is 1.90 bits per heavy atom. The minimum atomic E-state index is -1.57. The van der Waals surface area contributed by atoms with E-state index in [9.17, 15) is 18.0 Å². The number of benzene rings is 2. The molecule has 3 heterocycles. The summed E-state index contributed by atoms with van der Waals surface area (Å²) in [6.07, 6.45) is 1.01. The number of ether oxygens (including phenoxy) is 1. The summed E-state index contributed by atoms with van der Waals surface area (Å²) in [5, 5.41) is 0.383. The van der Waals surface area contributed by atoms with Crippen molar-refractivity contribution in [3.63, 3.8) is 0 Å². The quantitative estimate of drug-likeness (QED) is 0.648. The Labute approximate surface area is 171 Å². The van der Waals surface area contributed by atoms with Gasteiger partial charge in [0.05, 0.1) is 6.54 Å². The van der Waals surface area contributed by atoms with Crippen LogP contribution in [0.3, 0.4) is 0 Å². The molecule has 3 aliphatic heterocycles. The van der Waals surface area contributed by atoms with Crippen molar-refractivity contribution in [2.45, 2.75) is 25.5 Å². The van der Waals surface area contributed by atoms with Gasteiger partial charge in [-0.05, 0) is 56.1 Å². The van der Waals surface area contributed by atoms with Crippen LogP contribution in [-0.2, 0) is 11.3 Å². The Kier molecular flexibility index (Phi) is 5.69. The van der Waals surface area contributed by atoms with Crippen LogP contribution in [0.4, 0.5) is 23.7 Å². The lowest BCUT2D eigenvalue weighted by Crippen LogP contribution is -2.53. The molecule has 1 amide bonds. The highest BCUT2D eigenvalue weighted by molar-refractivity contribution is 6.30. The van der Waals surface area contributed by atoms with E-state index in [0.29, 0.717) is 23.2 Å². The highest BCUT2D eigenvalue weighted by Crippen LogP contribution is 2.31. The van der Waals surface area contributed by atoms with Gasteiger partial charge in [0.25, 0.3) is 0 Å². The van der Waals surface area contributed by atoms with Crippen LogP contribution in [0, 0.1) is 23.4 Å². The van der Waals surface area contributed by atoms with E-state index in [1.165, 1.54) is 11.0 Å². The van der Waals surface area contributed by atoms with Crippen LogP contribution >= 0.6 is 11.6 Å². The molecule has 0 aliphatic carbocycles. The molecule has 2 aromatic rings. The van der Waals surface area contributed by atoms with Gasteiger partial charge in [0.1, 0.15) is 6.10 Å². The maximum atomic E-state index is 14.2. The van der Waals surface area contributed by atoms with E-state index in [1.54, 1.807) is 18.2 Å². The Morgan fingerprint density at radius 3 is 2.55 bits per heavy atom. The van der Waals surface area contributed by atoms with Gasteiger partial charge in [0, 0.05) is 22.8 Å². The van der Waals surface area contributed by atoms with Crippen LogP contribution in [0.5, 0.6) is 0 Å². The van der Waals surface area contributed by atoms with Gasteiger partial charge in [0.15, 0.2) is 17.5 Å². The predicted octanol–water partition coefficient (Wildman–Crippen LogP) is 4.99. The summed E-state index contributed by atoms with van der Waals surface area (Å²) >= 11 is 6.05. The molecule has 1 atom stereocenters. The lowest BCUT2D eigenvalue weighted by atomic mass is 9.86. The SMILES string of the molecule is O=C(OC1CN2CCC1CC2)N(Cc1ccc(F)c(F)c1F)c1cccc(Cl)c1. The van der Waals surface area contributed by atoms with Crippen LogP contribution < -0.4 is 4.90 Å². The molecule has 0 saturated carbocycles. The summed E-state index contributed by atoms with van der Waals surface area (Å²) in [5.74, 6) is -3.88. The normalized spacial score (nSPS) is 23.1. The van der Waals surface area contributed by atoms with E-state index in [1.807, 2.05) is 0 Å². The number of piperidine rings is 3. The molecular formula is C21H20ClF3N2O2. The Morgan fingerprint density at radius 1 is 1.14 bits per heavy atom. The van der Waals surface area contributed by atoms with E-state index in [-0.39, 0.29) is 18.2 Å². The van der Waals surface area contributed by atoms with Crippen molar-refractivity contribution in [3.8, 4) is 0 Å². The molecule has 2 bridgehead atoms. The second kappa shape index (κ2) is 8.24.